The van der Waals surface area contributed by atoms with Crippen molar-refractivity contribution in [1.82, 2.24) is 0 Å². The molecule has 0 saturated heterocycles. The van der Waals surface area contributed by atoms with Crippen LogP contribution in [0.4, 0.5) is 0 Å². The van der Waals surface area contributed by atoms with E-state index in [9.17, 15) is 13.3 Å². The van der Waals surface area contributed by atoms with Gasteiger partial charge in [0.15, 0.2) is 11.7 Å². The fourth-order valence-corrected chi connectivity index (χ4v) is 4.35. The van der Waals surface area contributed by atoms with Crippen LogP contribution in [0.15, 0.2) is 0 Å². The molecule has 0 aliphatic carbocycles. The highest BCUT2D eigenvalue weighted by molar-refractivity contribution is 7.76. The van der Waals surface area contributed by atoms with Crippen LogP contribution in [0.25, 0.3) is 0 Å². The Kier molecular flexibility index (Phi) is 8.89. The second-order valence-electron chi connectivity index (χ2n) is 4.06. The highest BCUT2D eigenvalue weighted by atomic mass is 32.2. The van der Waals surface area contributed by atoms with E-state index in [4.69, 9.17) is 19.6 Å². The van der Waals surface area contributed by atoms with Gasteiger partial charge in [-0.25, -0.2) is 0 Å². The minimum absolute atomic E-state index is 0.0618. The number of rotatable bonds is 10. The summed E-state index contributed by atoms with van der Waals surface area (Å²) < 4.78 is 42.8. The maximum Gasteiger partial charge on any atom is 0.355 e. The maximum atomic E-state index is 11.5. The van der Waals surface area contributed by atoms with Gasteiger partial charge in [-0.05, 0) is 12.8 Å². The molecule has 0 aliphatic heterocycles. The summed E-state index contributed by atoms with van der Waals surface area (Å²) in [4.78, 5) is 36.0. The Labute approximate surface area is 119 Å². The van der Waals surface area contributed by atoms with E-state index in [0.29, 0.717) is 12.8 Å². The summed E-state index contributed by atoms with van der Waals surface area (Å²) in [5, 5.41) is 0. The first-order valence-electron chi connectivity index (χ1n) is 5.88. The third kappa shape index (κ3) is 7.97. The van der Waals surface area contributed by atoms with Gasteiger partial charge in [0.05, 0.1) is 0 Å². The fraction of sp³-hybridized carbons (Fsp3) is 1.00. The summed E-state index contributed by atoms with van der Waals surface area (Å²) in [6, 6.07) is 0. The predicted molar refractivity (Wildman–Crippen MR) is 71.8 cm³/mol. The second-order valence-corrected chi connectivity index (χ2v) is 8.36. The first kappa shape index (κ1) is 20.4. The minimum atomic E-state index is -4.64. The van der Waals surface area contributed by atoms with Crippen LogP contribution in [0, 0.1) is 0 Å². The molecule has 12 heteroatoms. The lowest BCUT2D eigenvalue weighted by Gasteiger charge is -2.20. The van der Waals surface area contributed by atoms with Crippen LogP contribution in [0.1, 0.15) is 39.5 Å². The van der Waals surface area contributed by atoms with Crippen molar-refractivity contribution < 1.29 is 41.3 Å². The maximum absolute atomic E-state index is 11.5. The molecule has 9 nitrogen and oxygen atoms in total. The molecule has 0 aliphatic rings. The molecule has 0 fully saturated rings. The first-order valence-corrected chi connectivity index (χ1v) is 10.2. The standard InChI is InChI=1S/C8H20O9P2S/c1-3-5-7(18(9,10)11)16-20(15)17-8(6-4-2)19(12,13)14/h7-8H,3-6H2,1-2H3,(H2,9,10,11)(H2,12,13,14). The van der Waals surface area contributed by atoms with Crippen LogP contribution < -0.4 is 0 Å². The van der Waals surface area contributed by atoms with Gasteiger partial charge in [0.25, 0.3) is 0 Å². The number of hydrogen-bond acceptors (Lipinski definition) is 5. The highest BCUT2D eigenvalue weighted by Crippen LogP contribution is 2.47. The molecule has 122 valence electrons. The third-order valence-corrected chi connectivity index (χ3v) is 5.49. The smallest absolute Gasteiger partial charge is 0.323 e. The van der Waals surface area contributed by atoms with Gasteiger partial charge in [-0.1, -0.05) is 26.7 Å². The summed E-state index contributed by atoms with van der Waals surface area (Å²) >= 11 is -2.66. The topological polar surface area (TPSA) is 151 Å². The van der Waals surface area contributed by atoms with Gasteiger partial charge in [-0.3, -0.25) is 17.5 Å². The Morgan fingerprint density at radius 1 is 0.900 bits per heavy atom. The summed E-state index contributed by atoms with van der Waals surface area (Å²) in [5.74, 6) is -3.26. The Bertz CT molecular complexity index is 367. The van der Waals surface area contributed by atoms with Crippen molar-refractivity contribution in [2.75, 3.05) is 0 Å². The summed E-state index contributed by atoms with van der Waals surface area (Å²) in [6.45, 7) is 3.29. The molecule has 20 heavy (non-hydrogen) atoms. The van der Waals surface area contributed by atoms with Gasteiger partial charge in [0.1, 0.15) is 0 Å². The van der Waals surface area contributed by atoms with Gasteiger partial charge in [-0.15, -0.1) is 0 Å². The molecular weight excluding hydrogens is 334 g/mol. The van der Waals surface area contributed by atoms with E-state index in [1.807, 2.05) is 0 Å². The van der Waals surface area contributed by atoms with E-state index in [-0.39, 0.29) is 12.8 Å². The largest absolute Gasteiger partial charge is 0.355 e. The Hall–Kier alpha value is 0.370. The van der Waals surface area contributed by atoms with Crippen molar-refractivity contribution in [3.63, 3.8) is 0 Å². The van der Waals surface area contributed by atoms with Gasteiger partial charge in [0, 0.05) is 0 Å². The molecule has 0 rings (SSSR count). The van der Waals surface area contributed by atoms with E-state index < -0.39 is 38.2 Å². The van der Waals surface area contributed by atoms with Gasteiger partial charge < -0.3 is 19.6 Å². The van der Waals surface area contributed by atoms with E-state index >= 15 is 0 Å². The van der Waals surface area contributed by atoms with Crippen molar-refractivity contribution in [1.29, 1.82) is 0 Å². The second kappa shape index (κ2) is 8.73. The van der Waals surface area contributed by atoms with Crippen LogP contribution >= 0.6 is 15.2 Å². The van der Waals surface area contributed by atoms with Gasteiger partial charge in [0.2, 0.25) is 0 Å². The molecule has 0 radical (unpaired) electrons. The average molecular weight is 354 g/mol. The first-order chi connectivity index (χ1) is 9.02. The molecule has 0 amide bonds. The molecule has 4 N–H and O–H groups in total. The van der Waals surface area contributed by atoms with Crippen LogP contribution in [-0.4, -0.2) is 35.5 Å². The van der Waals surface area contributed by atoms with Crippen molar-refractivity contribution in [3.05, 3.63) is 0 Å². The molecule has 2 atom stereocenters. The van der Waals surface area contributed by atoms with Crippen molar-refractivity contribution in [2.24, 2.45) is 0 Å². The minimum Gasteiger partial charge on any atom is -0.323 e. The van der Waals surface area contributed by atoms with E-state index in [2.05, 4.69) is 8.37 Å². The SMILES string of the molecule is CCCC(OS(=O)OC(CCC)P(=O)(O)O)P(=O)(O)O. The molecule has 0 bridgehead atoms. The van der Waals surface area contributed by atoms with Crippen molar-refractivity contribution in [2.45, 2.75) is 51.2 Å². The molecule has 0 aromatic heterocycles. The van der Waals surface area contributed by atoms with Crippen LogP contribution in [0.2, 0.25) is 0 Å². The molecule has 0 spiro atoms. The lowest BCUT2D eigenvalue weighted by atomic mass is 10.4. The predicted octanol–water partition coefficient (Wildman–Crippen LogP) is 1.21. The zero-order valence-electron chi connectivity index (χ0n) is 11.1. The lowest BCUT2D eigenvalue weighted by Crippen LogP contribution is -2.21. The highest BCUT2D eigenvalue weighted by Gasteiger charge is 2.35. The monoisotopic (exact) mass is 354 g/mol. The lowest BCUT2D eigenvalue weighted by molar-refractivity contribution is 0.166. The summed E-state index contributed by atoms with van der Waals surface area (Å²) in [6.07, 6.45) is 0.606. The van der Waals surface area contributed by atoms with Crippen LogP contribution in [0.3, 0.4) is 0 Å². The van der Waals surface area contributed by atoms with E-state index in [1.165, 1.54) is 0 Å². The number of hydrogen-bond donors (Lipinski definition) is 4. The Balaban J connectivity index is 4.73. The zero-order valence-corrected chi connectivity index (χ0v) is 13.7. The van der Waals surface area contributed by atoms with Gasteiger partial charge >= 0.3 is 26.6 Å². The molecule has 2 unspecified atom stereocenters. The van der Waals surface area contributed by atoms with E-state index in [1.54, 1.807) is 13.8 Å². The summed E-state index contributed by atoms with van der Waals surface area (Å²) in [5.41, 5.74) is 0. The molecule has 0 heterocycles. The third-order valence-electron chi connectivity index (χ3n) is 2.20. The van der Waals surface area contributed by atoms with Crippen molar-refractivity contribution >= 4 is 26.6 Å². The summed E-state index contributed by atoms with van der Waals surface area (Å²) in [7, 11) is -9.27. The molecule has 0 aromatic carbocycles. The fourth-order valence-electron chi connectivity index (χ4n) is 1.24. The molecular formula is C8H20O9P2S. The average Bonchev–Trinajstić information content (AvgIpc) is 2.25. The Morgan fingerprint density at radius 2 is 1.20 bits per heavy atom. The molecule has 0 aromatic rings. The molecule has 0 saturated carbocycles. The van der Waals surface area contributed by atoms with E-state index in [0.717, 1.165) is 0 Å². The van der Waals surface area contributed by atoms with Crippen molar-refractivity contribution in [3.8, 4) is 0 Å². The Morgan fingerprint density at radius 3 is 1.40 bits per heavy atom. The van der Waals surface area contributed by atoms with Crippen LogP contribution in [0.5, 0.6) is 0 Å². The van der Waals surface area contributed by atoms with Crippen LogP contribution in [-0.2, 0) is 28.9 Å². The zero-order chi connectivity index (χ0) is 16.0. The van der Waals surface area contributed by atoms with Gasteiger partial charge in [-0.2, -0.15) is 4.21 Å². The normalized spacial score (nSPS) is 17.7. The quantitative estimate of drug-likeness (QED) is 0.424.